The third-order valence-corrected chi connectivity index (χ3v) is 4.39. The van der Waals surface area contributed by atoms with Crippen LogP contribution < -0.4 is 10.1 Å². The van der Waals surface area contributed by atoms with E-state index in [-0.39, 0.29) is 28.9 Å². The number of hydrogen-bond donors (Lipinski definition) is 1. The van der Waals surface area contributed by atoms with Crippen LogP contribution >= 0.6 is 23.2 Å². The molecule has 0 saturated heterocycles. The number of carbonyl (C=O) groups is 2. The van der Waals surface area contributed by atoms with Crippen LogP contribution in [0.25, 0.3) is 0 Å². The number of benzene rings is 2. The summed E-state index contributed by atoms with van der Waals surface area (Å²) in [5.74, 6) is -0.147. The van der Waals surface area contributed by atoms with Gasteiger partial charge in [0.25, 0.3) is 5.91 Å². The molecule has 0 atom stereocenters. The van der Waals surface area contributed by atoms with E-state index >= 15 is 0 Å². The summed E-state index contributed by atoms with van der Waals surface area (Å²) in [4.78, 5) is 26.3. The zero-order chi connectivity index (χ0) is 18.4. The van der Waals surface area contributed by atoms with Crippen LogP contribution in [0.4, 0.5) is 5.69 Å². The molecule has 0 aliphatic carbocycles. The first-order valence-electron chi connectivity index (χ1n) is 7.64. The predicted molar refractivity (Wildman–Crippen MR) is 99.7 cm³/mol. The normalized spacial score (nSPS) is 10.2. The minimum absolute atomic E-state index is 0.115. The number of amides is 2. The molecule has 0 unspecified atom stereocenters. The number of methoxy groups -OCH3 is 1. The number of carbonyl (C=O) groups excluding carboxylic acids is 2. The first kappa shape index (κ1) is 19.1. The van der Waals surface area contributed by atoms with Gasteiger partial charge in [-0.1, -0.05) is 41.4 Å². The van der Waals surface area contributed by atoms with Gasteiger partial charge in [-0.2, -0.15) is 0 Å². The average Bonchev–Trinajstić information content (AvgIpc) is 2.62. The van der Waals surface area contributed by atoms with Crippen molar-refractivity contribution in [3.63, 3.8) is 0 Å². The Kier molecular flexibility index (Phi) is 6.67. The molecule has 0 spiro atoms. The van der Waals surface area contributed by atoms with E-state index in [4.69, 9.17) is 27.9 Å². The van der Waals surface area contributed by atoms with Gasteiger partial charge in [-0.3, -0.25) is 9.59 Å². The molecule has 0 radical (unpaired) electrons. The molecule has 5 nitrogen and oxygen atoms in total. The highest BCUT2D eigenvalue weighted by atomic mass is 35.5. The Morgan fingerprint density at radius 2 is 1.84 bits per heavy atom. The molecule has 7 heteroatoms. The summed E-state index contributed by atoms with van der Waals surface area (Å²) in [6.45, 7) is 2.02. The molecule has 0 bridgehead atoms. The highest BCUT2D eigenvalue weighted by Crippen LogP contribution is 2.27. The average molecular weight is 381 g/mol. The number of halogens is 2. The highest BCUT2D eigenvalue weighted by Gasteiger charge is 2.21. The lowest BCUT2D eigenvalue weighted by Gasteiger charge is -2.21. The summed E-state index contributed by atoms with van der Waals surface area (Å²) in [5, 5.41) is 3.21. The Bertz CT molecular complexity index is 781. The van der Waals surface area contributed by atoms with Crippen LogP contribution in [0, 0.1) is 0 Å². The van der Waals surface area contributed by atoms with Gasteiger partial charge in [-0.05, 0) is 31.2 Å². The molecule has 2 aromatic carbocycles. The van der Waals surface area contributed by atoms with E-state index in [0.29, 0.717) is 23.0 Å². The lowest BCUT2D eigenvalue weighted by atomic mass is 10.2. The number of likely N-dealkylation sites (N-methyl/N-ethyl adjacent to an activating group) is 1. The topological polar surface area (TPSA) is 58.6 Å². The zero-order valence-corrected chi connectivity index (χ0v) is 15.4. The number of nitrogens with one attached hydrogen (secondary N) is 1. The van der Waals surface area contributed by atoms with E-state index in [1.807, 2.05) is 0 Å². The summed E-state index contributed by atoms with van der Waals surface area (Å²) in [6.07, 6.45) is 0. The molecule has 132 valence electrons. The van der Waals surface area contributed by atoms with Gasteiger partial charge < -0.3 is 15.0 Å². The predicted octanol–water partition coefficient (Wildman–Crippen LogP) is 4.10. The molecular weight excluding hydrogens is 363 g/mol. The molecule has 0 heterocycles. The molecule has 0 saturated carbocycles. The van der Waals surface area contributed by atoms with E-state index in [1.54, 1.807) is 49.4 Å². The second-order valence-corrected chi connectivity index (χ2v) is 5.95. The van der Waals surface area contributed by atoms with Gasteiger partial charge in [0, 0.05) is 6.54 Å². The highest BCUT2D eigenvalue weighted by molar-refractivity contribution is 6.43. The van der Waals surface area contributed by atoms with E-state index < -0.39 is 0 Å². The van der Waals surface area contributed by atoms with Gasteiger partial charge in [0.2, 0.25) is 5.91 Å². The number of ether oxygens (including phenoxy) is 1. The molecule has 0 aliphatic heterocycles. The maximum atomic E-state index is 12.6. The second kappa shape index (κ2) is 8.74. The van der Waals surface area contributed by atoms with Crippen molar-refractivity contribution in [1.82, 2.24) is 4.90 Å². The first-order valence-corrected chi connectivity index (χ1v) is 8.39. The third kappa shape index (κ3) is 4.65. The zero-order valence-electron chi connectivity index (χ0n) is 13.9. The van der Waals surface area contributed by atoms with Crippen LogP contribution in [0.15, 0.2) is 42.5 Å². The summed E-state index contributed by atoms with van der Waals surface area (Å²) < 4.78 is 5.20. The standard InChI is InChI=1S/C18H18Cl2N2O3/c1-3-22(18(24)12-7-6-8-13(19)17(12)20)11-16(23)21-14-9-4-5-10-15(14)25-2/h4-10H,3,11H2,1-2H3,(H,21,23). The smallest absolute Gasteiger partial charge is 0.255 e. The quantitative estimate of drug-likeness (QED) is 0.820. The Hall–Kier alpha value is -2.24. The SMILES string of the molecule is CCN(CC(=O)Nc1ccccc1OC)C(=O)c1cccc(Cl)c1Cl. The minimum atomic E-state index is -0.356. The van der Waals surface area contributed by atoms with Crippen molar-refractivity contribution < 1.29 is 14.3 Å². The Balaban J connectivity index is 2.12. The maximum absolute atomic E-state index is 12.6. The fourth-order valence-corrected chi connectivity index (χ4v) is 2.66. The number of hydrogen-bond acceptors (Lipinski definition) is 3. The van der Waals surface area contributed by atoms with E-state index in [1.165, 1.54) is 12.0 Å². The molecule has 1 N–H and O–H groups in total. The summed E-state index contributed by atoms with van der Waals surface area (Å²) >= 11 is 12.1. The summed E-state index contributed by atoms with van der Waals surface area (Å²) in [7, 11) is 1.52. The van der Waals surface area contributed by atoms with Crippen LogP contribution in [-0.4, -0.2) is 36.9 Å². The lowest BCUT2D eigenvalue weighted by molar-refractivity contribution is -0.116. The third-order valence-electron chi connectivity index (χ3n) is 3.57. The van der Waals surface area contributed by atoms with Crippen LogP contribution in [-0.2, 0) is 4.79 Å². The summed E-state index contributed by atoms with van der Waals surface area (Å²) in [6, 6.07) is 11.9. The Labute approximate surface area is 156 Å². The van der Waals surface area contributed by atoms with Crippen molar-refractivity contribution >= 4 is 40.7 Å². The van der Waals surface area contributed by atoms with Gasteiger partial charge in [0.15, 0.2) is 0 Å². The Morgan fingerprint density at radius 1 is 1.12 bits per heavy atom. The molecule has 0 aromatic heterocycles. The molecule has 0 aliphatic rings. The van der Waals surface area contributed by atoms with Gasteiger partial charge in [0.1, 0.15) is 12.3 Å². The number of rotatable bonds is 6. The summed E-state index contributed by atoms with van der Waals surface area (Å²) in [5.41, 5.74) is 0.806. The first-order chi connectivity index (χ1) is 12.0. The lowest BCUT2D eigenvalue weighted by Crippen LogP contribution is -2.38. The molecule has 2 amide bonds. The Morgan fingerprint density at radius 3 is 2.52 bits per heavy atom. The number of para-hydroxylation sites is 2. The van der Waals surface area contributed by atoms with Crippen molar-refractivity contribution in [3.05, 3.63) is 58.1 Å². The fraction of sp³-hybridized carbons (Fsp3) is 0.222. The molecular formula is C18H18Cl2N2O3. The number of nitrogens with zero attached hydrogens (tertiary/aromatic N) is 1. The van der Waals surface area contributed by atoms with Gasteiger partial charge in [0.05, 0.1) is 28.4 Å². The van der Waals surface area contributed by atoms with Crippen molar-refractivity contribution in [2.75, 3.05) is 25.5 Å². The fourth-order valence-electron chi connectivity index (χ4n) is 2.28. The van der Waals surface area contributed by atoms with Gasteiger partial charge in [-0.25, -0.2) is 0 Å². The van der Waals surface area contributed by atoms with Crippen LogP contribution in [0.2, 0.25) is 10.0 Å². The molecule has 0 fully saturated rings. The van der Waals surface area contributed by atoms with Crippen molar-refractivity contribution in [1.29, 1.82) is 0 Å². The van der Waals surface area contributed by atoms with Crippen LogP contribution in [0.1, 0.15) is 17.3 Å². The monoisotopic (exact) mass is 380 g/mol. The number of anilines is 1. The van der Waals surface area contributed by atoms with Gasteiger partial charge in [-0.15, -0.1) is 0 Å². The van der Waals surface area contributed by atoms with Crippen molar-refractivity contribution in [2.45, 2.75) is 6.92 Å². The minimum Gasteiger partial charge on any atom is -0.495 e. The second-order valence-electron chi connectivity index (χ2n) is 5.17. The molecule has 2 rings (SSSR count). The van der Waals surface area contributed by atoms with Crippen LogP contribution in [0.3, 0.4) is 0 Å². The molecule has 2 aromatic rings. The van der Waals surface area contributed by atoms with E-state index in [2.05, 4.69) is 5.32 Å². The largest absolute Gasteiger partial charge is 0.495 e. The molecule has 25 heavy (non-hydrogen) atoms. The van der Waals surface area contributed by atoms with Crippen LogP contribution in [0.5, 0.6) is 5.75 Å². The maximum Gasteiger partial charge on any atom is 0.255 e. The van der Waals surface area contributed by atoms with E-state index in [0.717, 1.165) is 0 Å². The van der Waals surface area contributed by atoms with E-state index in [9.17, 15) is 9.59 Å². The van der Waals surface area contributed by atoms with Crippen molar-refractivity contribution in [2.24, 2.45) is 0 Å². The van der Waals surface area contributed by atoms with Crippen molar-refractivity contribution in [3.8, 4) is 5.75 Å². The van der Waals surface area contributed by atoms with Gasteiger partial charge >= 0.3 is 0 Å².